The molecular weight excluding hydrogens is 268 g/mol. The smallest absolute Gasteiger partial charge is 0.297 e. The predicted molar refractivity (Wildman–Crippen MR) is 68.9 cm³/mol. The third-order valence-corrected chi connectivity index (χ3v) is 2.84. The average Bonchev–Trinajstić information content (AvgIpc) is 2.96. The number of aromatic amines is 1. The van der Waals surface area contributed by atoms with Gasteiger partial charge in [0.25, 0.3) is 11.7 Å². The van der Waals surface area contributed by atoms with Crippen LogP contribution in [-0.2, 0) is 0 Å². The highest BCUT2D eigenvalue weighted by Crippen LogP contribution is 2.27. The van der Waals surface area contributed by atoms with Crippen LogP contribution in [0, 0.1) is 0 Å². The van der Waals surface area contributed by atoms with Crippen molar-refractivity contribution in [3.8, 4) is 0 Å². The summed E-state index contributed by atoms with van der Waals surface area (Å²) in [6.07, 6.45) is 1.63. The summed E-state index contributed by atoms with van der Waals surface area (Å²) in [6, 6.07) is 6.97. The van der Waals surface area contributed by atoms with E-state index in [2.05, 4.69) is 30.9 Å². The van der Waals surface area contributed by atoms with Gasteiger partial charge in [-0.3, -0.25) is 9.78 Å². The fourth-order valence-corrected chi connectivity index (χ4v) is 1.89. The molecule has 0 aliphatic carbocycles. The van der Waals surface area contributed by atoms with Crippen molar-refractivity contribution in [3.05, 3.63) is 41.3 Å². The van der Waals surface area contributed by atoms with Gasteiger partial charge in [-0.2, -0.15) is 5.21 Å². The van der Waals surface area contributed by atoms with Gasteiger partial charge in [-0.15, -0.1) is 10.2 Å². The second-order valence-corrected chi connectivity index (χ2v) is 4.09. The van der Waals surface area contributed by atoms with E-state index in [1.54, 1.807) is 24.4 Å². The number of rotatable bonds is 2. The van der Waals surface area contributed by atoms with Crippen LogP contribution in [0.3, 0.4) is 0 Å². The first kappa shape index (κ1) is 11.5. The topological polar surface area (TPSA) is 96.5 Å². The molecule has 1 aromatic carbocycles. The number of carbonyl (C=O) groups is 1. The van der Waals surface area contributed by atoms with Crippen molar-refractivity contribution in [1.29, 1.82) is 0 Å². The molecule has 0 atom stereocenters. The summed E-state index contributed by atoms with van der Waals surface area (Å²) in [4.78, 5) is 16.1. The number of carbonyl (C=O) groups excluding carboxylic acids is 1. The first-order chi connectivity index (χ1) is 9.25. The van der Waals surface area contributed by atoms with Crippen LogP contribution in [0.25, 0.3) is 10.9 Å². The van der Waals surface area contributed by atoms with E-state index in [0.29, 0.717) is 16.2 Å². The van der Waals surface area contributed by atoms with Gasteiger partial charge in [0.2, 0.25) is 0 Å². The van der Waals surface area contributed by atoms with Crippen LogP contribution in [0.4, 0.5) is 5.69 Å². The number of tetrazole rings is 1. The fraction of sp³-hybridized carbons (Fsp3) is 0. The number of halogens is 1. The lowest BCUT2D eigenvalue weighted by Crippen LogP contribution is -2.14. The Bertz CT molecular complexity index is 742. The highest BCUT2D eigenvalue weighted by molar-refractivity contribution is 6.36. The molecule has 94 valence electrons. The highest BCUT2D eigenvalue weighted by Gasteiger charge is 2.13. The van der Waals surface area contributed by atoms with Crippen molar-refractivity contribution in [2.45, 2.75) is 0 Å². The largest absolute Gasteiger partial charge is 0.317 e. The standard InChI is InChI=1S/C11H7ClN6O/c12-7-3-4-8(9-6(7)2-1-5-13-9)14-11(19)10-15-17-18-16-10/h1-5H,(H,14,19)(H,15,16,17,18). The maximum atomic E-state index is 11.8. The number of hydrogen-bond donors (Lipinski definition) is 2. The van der Waals surface area contributed by atoms with Crippen LogP contribution in [-0.4, -0.2) is 31.5 Å². The number of fused-ring (bicyclic) bond motifs is 1. The van der Waals surface area contributed by atoms with Crippen LogP contribution in [0.5, 0.6) is 0 Å². The molecule has 8 heteroatoms. The minimum atomic E-state index is -0.469. The second kappa shape index (κ2) is 4.62. The van der Waals surface area contributed by atoms with Crippen molar-refractivity contribution in [2.75, 3.05) is 5.32 Å². The number of anilines is 1. The molecule has 0 aliphatic rings. The van der Waals surface area contributed by atoms with E-state index in [1.807, 2.05) is 6.07 Å². The summed E-state index contributed by atoms with van der Waals surface area (Å²) in [7, 11) is 0. The van der Waals surface area contributed by atoms with Crippen LogP contribution >= 0.6 is 11.6 Å². The summed E-state index contributed by atoms with van der Waals surface area (Å²) in [5, 5.41) is 16.7. The third-order valence-electron chi connectivity index (χ3n) is 2.51. The molecule has 7 nitrogen and oxygen atoms in total. The van der Waals surface area contributed by atoms with Gasteiger partial charge in [0, 0.05) is 11.6 Å². The third kappa shape index (κ3) is 2.11. The molecule has 0 fully saturated rings. The predicted octanol–water partition coefficient (Wildman–Crippen LogP) is 1.65. The van der Waals surface area contributed by atoms with E-state index >= 15 is 0 Å². The Kier molecular flexibility index (Phi) is 2.81. The van der Waals surface area contributed by atoms with E-state index in [4.69, 9.17) is 11.6 Å². The number of pyridine rings is 1. The minimum Gasteiger partial charge on any atom is -0.317 e. The summed E-state index contributed by atoms with van der Waals surface area (Å²) >= 11 is 6.07. The Labute approximate surface area is 112 Å². The molecule has 0 saturated carbocycles. The molecule has 0 radical (unpaired) electrons. The first-order valence-corrected chi connectivity index (χ1v) is 5.71. The fourth-order valence-electron chi connectivity index (χ4n) is 1.67. The van der Waals surface area contributed by atoms with Crippen LogP contribution in [0.2, 0.25) is 5.02 Å². The quantitative estimate of drug-likeness (QED) is 0.741. The molecule has 0 unspecified atom stereocenters. The molecule has 0 aliphatic heterocycles. The molecule has 2 aromatic heterocycles. The van der Waals surface area contributed by atoms with Gasteiger partial charge < -0.3 is 5.32 Å². The van der Waals surface area contributed by atoms with Crippen molar-refractivity contribution in [2.24, 2.45) is 0 Å². The molecule has 19 heavy (non-hydrogen) atoms. The van der Waals surface area contributed by atoms with Gasteiger partial charge in [0.15, 0.2) is 0 Å². The van der Waals surface area contributed by atoms with E-state index in [-0.39, 0.29) is 5.82 Å². The van der Waals surface area contributed by atoms with Crippen LogP contribution in [0.15, 0.2) is 30.5 Å². The SMILES string of the molecule is O=C(Nc1ccc(Cl)c2cccnc12)c1nn[nH]n1. The van der Waals surface area contributed by atoms with E-state index in [9.17, 15) is 4.79 Å². The monoisotopic (exact) mass is 274 g/mol. The van der Waals surface area contributed by atoms with Crippen molar-refractivity contribution in [1.82, 2.24) is 25.6 Å². The lowest BCUT2D eigenvalue weighted by atomic mass is 10.2. The molecule has 1 amide bonds. The molecule has 3 aromatic rings. The van der Waals surface area contributed by atoms with Gasteiger partial charge in [0.05, 0.1) is 16.2 Å². The van der Waals surface area contributed by atoms with Gasteiger partial charge in [0.1, 0.15) is 0 Å². The zero-order valence-corrected chi connectivity index (χ0v) is 10.2. The van der Waals surface area contributed by atoms with E-state index < -0.39 is 5.91 Å². The van der Waals surface area contributed by atoms with Crippen molar-refractivity contribution in [3.63, 3.8) is 0 Å². The molecule has 2 heterocycles. The molecule has 2 N–H and O–H groups in total. The summed E-state index contributed by atoms with van der Waals surface area (Å²) in [5.41, 5.74) is 1.14. The number of amides is 1. The Hall–Kier alpha value is -2.54. The Morgan fingerprint density at radius 3 is 3.00 bits per heavy atom. The number of nitrogens with one attached hydrogen (secondary N) is 2. The summed E-state index contributed by atoms with van der Waals surface area (Å²) in [5.74, 6) is -0.512. The number of nitrogens with zero attached hydrogens (tertiary/aromatic N) is 4. The van der Waals surface area contributed by atoms with Gasteiger partial charge in [-0.05, 0) is 29.5 Å². The number of aromatic nitrogens is 5. The zero-order valence-electron chi connectivity index (χ0n) is 9.46. The summed E-state index contributed by atoms with van der Waals surface area (Å²) in [6.45, 7) is 0. The molecular formula is C11H7ClN6O. The van der Waals surface area contributed by atoms with Crippen molar-refractivity contribution < 1.29 is 4.79 Å². The Morgan fingerprint density at radius 1 is 1.32 bits per heavy atom. The van der Waals surface area contributed by atoms with Gasteiger partial charge in [-0.1, -0.05) is 11.6 Å². The number of hydrogen-bond acceptors (Lipinski definition) is 5. The Morgan fingerprint density at radius 2 is 2.21 bits per heavy atom. The average molecular weight is 275 g/mol. The normalized spacial score (nSPS) is 10.6. The van der Waals surface area contributed by atoms with Gasteiger partial charge >= 0.3 is 0 Å². The van der Waals surface area contributed by atoms with Crippen molar-refractivity contribution >= 4 is 34.1 Å². The van der Waals surface area contributed by atoms with E-state index in [0.717, 1.165) is 5.39 Å². The zero-order chi connectivity index (χ0) is 13.2. The maximum absolute atomic E-state index is 11.8. The number of H-pyrrole nitrogens is 1. The molecule has 0 saturated heterocycles. The lowest BCUT2D eigenvalue weighted by molar-refractivity contribution is 0.101. The van der Waals surface area contributed by atoms with Crippen LogP contribution in [0.1, 0.15) is 10.6 Å². The first-order valence-electron chi connectivity index (χ1n) is 5.34. The molecule has 3 rings (SSSR count). The van der Waals surface area contributed by atoms with E-state index in [1.165, 1.54) is 0 Å². The molecule has 0 spiro atoms. The highest BCUT2D eigenvalue weighted by atomic mass is 35.5. The Balaban J connectivity index is 2.02. The molecule has 0 bridgehead atoms. The maximum Gasteiger partial charge on any atom is 0.297 e. The summed E-state index contributed by atoms with van der Waals surface area (Å²) < 4.78 is 0. The minimum absolute atomic E-state index is 0.0426. The lowest BCUT2D eigenvalue weighted by Gasteiger charge is -2.07. The van der Waals surface area contributed by atoms with Crippen LogP contribution < -0.4 is 5.32 Å². The number of benzene rings is 1. The second-order valence-electron chi connectivity index (χ2n) is 3.68. The van der Waals surface area contributed by atoms with Gasteiger partial charge in [-0.25, -0.2) is 0 Å².